The Kier molecular flexibility index (Phi) is 6.36. The SMILES string of the molecule is CCCN(CCO)C(=O)NC(C)c1ccc(C)cc1. The third-order valence-corrected chi connectivity index (χ3v) is 3.07. The van der Waals surface area contributed by atoms with Crippen LogP contribution < -0.4 is 5.32 Å². The summed E-state index contributed by atoms with van der Waals surface area (Å²) in [5.74, 6) is 0. The largest absolute Gasteiger partial charge is 0.395 e. The number of nitrogens with one attached hydrogen (secondary N) is 1. The van der Waals surface area contributed by atoms with Crippen molar-refractivity contribution >= 4 is 6.03 Å². The van der Waals surface area contributed by atoms with E-state index in [1.54, 1.807) is 4.90 Å². The van der Waals surface area contributed by atoms with Gasteiger partial charge in [0.2, 0.25) is 0 Å². The fraction of sp³-hybridized carbons (Fsp3) is 0.533. The maximum atomic E-state index is 12.1. The Morgan fingerprint density at radius 3 is 2.47 bits per heavy atom. The predicted octanol–water partition coefficient (Wildman–Crippen LogP) is 2.47. The summed E-state index contributed by atoms with van der Waals surface area (Å²) in [6.07, 6.45) is 0.881. The normalized spacial score (nSPS) is 12.0. The lowest BCUT2D eigenvalue weighted by molar-refractivity contribution is 0.174. The predicted molar refractivity (Wildman–Crippen MR) is 77.1 cm³/mol. The van der Waals surface area contributed by atoms with Gasteiger partial charge >= 0.3 is 6.03 Å². The maximum absolute atomic E-state index is 12.1. The van der Waals surface area contributed by atoms with Crippen LogP contribution in [0.2, 0.25) is 0 Å². The zero-order valence-corrected chi connectivity index (χ0v) is 12.0. The first kappa shape index (κ1) is 15.5. The molecule has 0 aromatic heterocycles. The van der Waals surface area contributed by atoms with E-state index < -0.39 is 0 Å². The van der Waals surface area contributed by atoms with Crippen molar-refractivity contribution in [3.63, 3.8) is 0 Å². The van der Waals surface area contributed by atoms with E-state index in [9.17, 15) is 4.79 Å². The minimum absolute atomic E-state index is 0.00761. The lowest BCUT2D eigenvalue weighted by Crippen LogP contribution is -2.42. The molecule has 1 aromatic carbocycles. The number of amides is 2. The molecule has 1 atom stereocenters. The highest BCUT2D eigenvalue weighted by Gasteiger charge is 2.15. The molecule has 0 radical (unpaired) electrons. The van der Waals surface area contributed by atoms with Gasteiger partial charge in [-0.1, -0.05) is 36.8 Å². The average molecular weight is 264 g/mol. The van der Waals surface area contributed by atoms with Gasteiger partial charge in [0.05, 0.1) is 12.6 Å². The van der Waals surface area contributed by atoms with Crippen molar-refractivity contribution in [1.29, 1.82) is 0 Å². The van der Waals surface area contributed by atoms with Gasteiger partial charge in [0.1, 0.15) is 0 Å². The summed E-state index contributed by atoms with van der Waals surface area (Å²) in [6.45, 7) is 7.05. The van der Waals surface area contributed by atoms with Crippen LogP contribution in [0.25, 0.3) is 0 Å². The van der Waals surface area contributed by atoms with Gasteiger partial charge in [-0.15, -0.1) is 0 Å². The second kappa shape index (κ2) is 7.79. The molecule has 2 amide bonds. The topological polar surface area (TPSA) is 52.6 Å². The summed E-state index contributed by atoms with van der Waals surface area (Å²) < 4.78 is 0. The zero-order valence-electron chi connectivity index (χ0n) is 12.0. The quantitative estimate of drug-likeness (QED) is 0.829. The number of hydrogen-bond acceptors (Lipinski definition) is 2. The van der Waals surface area contributed by atoms with Crippen LogP contribution in [0.3, 0.4) is 0 Å². The molecule has 4 heteroatoms. The Morgan fingerprint density at radius 1 is 1.32 bits per heavy atom. The highest BCUT2D eigenvalue weighted by atomic mass is 16.3. The van der Waals surface area contributed by atoms with Crippen LogP contribution >= 0.6 is 0 Å². The minimum Gasteiger partial charge on any atom is -0.395 e. The number of benzene rings is 1. The summed E-state index contributed by atoms with van der Waals surface area (Å²) in [5.41, 5.74) is 2.29. The number of rotatable bonds is 6. The van der Waals surface area contributed by atoms with Crippen LogP contribution in [0, 0.1) is 6.92 Å². The van der Waals surface area contributed by atoms with E-state index in [0.717, 1.165) is 12.0 Å². The number of urea groups is 1. The highest BCUT2D eigenvalue weighted by molar-refractivity contribution is 5.74. The fourth-order valence-corrected chi connectivity index (χ4v) is 1.92. The van der Waals surface area contributed by atoms with Gasteiger partial charge in [-0.25, -0.2) is 4.79 Å². The van der Waals surface area contributed by atoms with E-state index in [0.29, 0.717) is 13.1 Å². The number of carbonyl (C=O) groups is 1. The third kappa shape index (κ3) is 4.91. The van der Waals surface area contributed by atoms with E-state index in [2.05, 4.69) is 5.32 Å². The molecular formula is C15H24N2O2. The van der Waals surface area contributed by atoms with Gasteiger partial charge in [-0.05, 0) is 25.8 Å². The summed E-state index contributed by atoms with van der Waals surface area (Å²) in [5, 5.41) is 11.9. The molecule has 0 aliphatic heterocycles. The second-order valence-corrected chi connectivity index (χ2v) is 4.79. The molecule has 1 unspecified atom stereocenters. The highest BCUT2D eigenvalue weighted by Crippen LogP contribution is 2.13. The van der Waals surface area contributed by atoms with E-state index in [-0.39, 0.29) is 18.7 Å². The van der Waals surface area contributed by atoms with Crippen LogP contribution in [-0.4, -0.2) is 35.7 Å². The monoisotopic (exact) mass is 264 g/mol. The summed E-state index contributed by atoms with van der Waals surface area (Å²) in [7, 11) is 0. The van der Waals surface area contributed by atoms with Crippen molar-refractivity contribution in [2.45, 2.75) is 33.2 Å². The number of aliphatic hydroxyl groups excluding tert-OH is 1. The van der Waals surface area contributed by atoms with Crippen molar-refractivity contribution in [1.82, 2.24) is 10.2 Å². The first-order chi connectivity index (χ1) is 9.08. The summed E-state index contributed by atoms with van der Waals surface area (Å²) in [4.78, 5) is 13.7. The molecule has 0 spiro atoms. The molecule has 0 fully saturated rings. The lowest BCUT2D eigenvalue weighted by Gasteiger charge is -2.24. The second-order valence-electron chi connectivity index (χ2n) is 4.79. The number of nitrogens with zero attached hydrogens (tertiary/aromatic N) is 1. The minimum atomic E-state index is -0.121. The Morgan fingerprint density at radius 2 is 1.95 bits per heavy atom. The molecule has 0 heterocycles. The van der Waals surface area contributed by atoms with Crippen molar-refractivity contribution in [2.75, 3.05) is 19.7 Å². The molecule has 1 rings (SSSR count). The molecule has 0 bridgehead atoms. The van der Waals surface area contributed by atoms with E-state index in [4.69, 9.17) is 5.11 Å². The Hall–Kier alpha value is -1.55. The molecule has 19 heavy (non-hydrogen) atoms. The smallest absolute Gasteiger partial charge is 0.317 e. The molecule has 0 aliphatic carbocycles. The van der Waals surface area contributed by atoms with Crippen LogP contribution in [0.5, 0.6) is 0 Å². The van der Waals surface area contributed by atoms with E-state index in [1.807, 2.05) is 45.0 Å². The van der Waals surface area contributed by atoms with Gasteiger partial charge in [-0.2, -0.15) is 0 Å². The first-order valence-corrected chi connectivity index (χ1v) is 6.81. The molecular weight excluding hydrogens is 240 g/mol. The molecule has 1 aromatic rings. The average Bonchev–Trinajstić information content (AvgIpc) is 2.39. The summed E-state index contributed by atoms with van der Waals surface area (Å²) >= 11 is 0. The van der Waals surface area contributed by atoms with Gasteiger partial charge in [-0.3, -0.25) is 0 Å². The van der Waals surface area contributed by atoms with Crippen molar-refractivity contribution < 1.29 is 9.90 Å². The number of aliphatic hydroxyl groups is 1. The van der Waals surface area contributed by atoms with Gasteiger partial charge < -0.3 is 15.3 Å². The van der Waals surface area contributed by atoms with Crippen molar-refractivity contribution in [3.05, 3.63) is 35.4 Å². The molecule has 2 N–H and O–H groups in total. The molecule has 0 saturated heterocycles. The standard InChI is InChI=1S/C15H24N2O2/c1-4-9-17(10-11-18)15(19)16-13(3)14-7-5-12(2)6-8-14/h5-8,13,18H,4,9-11H2,1-3H3,(H,16,19). The van der Waals surface area contributed by atoms with Gasteiger partial charge in [0.25, 0.3) is 0 Å². The van der Waals surface area contributed by atoms with Gasteiger partial charge in [0, 0.05) is 13.1 Å². The van der Waals surface area contributed by atoms with Crippen LogP contribution in [-0.2, 0) is 0 Å². The Bertz CT molecular complexity index is 384. The number of hydrogen-bond donors (Lipinski definition) is 2. The third-order valence-electron chi connectivity index (χ3n) is 3.07. The molecule has 0 aliphatic rings. The number of carbonyl (C=O) groups excluding carboxylic acids is 1. The van der Waals surface area contributed by atoms with Crippen molar-refractivity contribution in [3.8, 4) is 0 Å². The van der Waals surface area contributed by atoms with E-state index >= 15 is 0 Å². The molecule has 4 nitrogen and oxygen atoms in total. The van der Waals surface area contributed by atoms with Crippen LogP contribution in [0.4, 0.5) is 4.79 Å². The van der Waals surface area contributed by atoms with Gasteiger partial charge in [0.15, 0.2) is 0 Å². The molecule has 106 valence electrons. The van der Waals surface area contributed by atoms with Crippen LogP contribution in [0.1, 0.15) is 37.4 Å². The maximum Gasteiger partial charge on any atom is 0.317 e. The Balaban J connectivity index is 2.61. The van der Waals surface area contributed by atoms with E-state index in [1.165, 1.54) is 5.56 Å². The molecule has 0 saturated carbocycles. The number of aryl methyl sites for hydroxylation is 1. The van der Waals surface area contributed by atoms with Crippen molar-refractivity contribution in [2.24, 2.45) is 0 Å². The zero-order chi connectivity index (χ0) is 14.3. The first-order valence-electron chi connectivity index (χ1n) is 6.81. The summed E-state index contributed by atoms with van der Waals surface area (Å²) in [6, 6.07) is 7.97. The Labute approximate surface area is 115 Å². The lowest BCUT2D eigenvalue weighted by atomic mass is 10.1. The fourth-order valence-electron chi connectivity index (χ4n) is 1.92. The van der Waals surface area contributed by atoms with Crippen LogP contribution in [0.15, 0.2) is 24.3 Å².